The number of nitrogens with zero attached hydrogens (tertiary/aromatic N) is 1. The predicted molar refractivity (Wildman–Crippen MR) is 46.0 cm³/mol. The Hall–Kier alpha value is -2.09. The Morgan fingerprint density at radius 2 is 2.46 bits per heavy atom. The Morgan fingerprint density at radius 1 is 1.69 bits per heavy atom. The van der Waals surface area contributed by atoms with Gasteiger partial charge < -0.3 is 5.32 Å². The molecule has 1 aromatic rings. The minimum Gasteiger partial charge on any atom is -0.340 e. The molecule has 0 spiro atoms. The molecule has 0 aliphatic heterocycles. The van der Waals surface area contributed by atoms with Crippen molar-refractivity contribution in [1.82, 2.24) is 15.5 Å². The van der Waals surface area contributed by atoms with E-state index in [0.717, 1.165) is 0 Å². The van der Waals surface area contributed by atoms with Crippen molar-refractivity contribution < 1.29 is 4.79 Å². The van der Waals surface area contributed by atoms with E-state index in [1.807, 2.05) is 0 Å². The van der Waals surface area contributed by atoms with Gasteiger partial charge in [0.05, 0.1) is 6.54 Å². The molecule has 13 heavy (non-hydrogen) atoms. The summed E-state index contributed by atoms with van der Waals surface area (Å²) < 4.78 is 0. The predicted octanol–water partition coefficient (Wildman–Crippen LogP) is -0.867. The molecule has 1 aromatic heterocycles. The van der Waals surface area contributed by atoms with E-state index in [1.165, 1.54) is 12.1 Å². The molecule has 0 unspecified atom stereocenters. The number of rotatable bonds is 2. The number of aromatic amines is 1. The van der Waals surface area contributed by atoms with E-state index in [4.69, 9.17) is 6.42 Å². The van der Waals surface area contributed by atoms with Gasteiger partial charge in [0.25, 0.3) is 11.5 Å². The van der Waals surface area contributed by atoms with Crippen molar-refractivity contribution in [3.8, 4) is 12.3 Å². The summed E-state index contributed by atoms with van der Waals surface area (Å²) in [5, 5.41) is 8.06. The molecule has 1 amide bonds. The van der Waals surface area contributed by atoms with Crippen LogP contribution in [0.15, 0.2) is 16.9 Å². The highest BCUT2D eigenvalue weighted by Gasteiger charge is 2.04. The molecule has 0 aromatic carbocycles. The summed E-state index contributed by atoms with van der Waals surface area (Å²) in [5.74, 6) is 1.84. The van der Waals surface area contributed by atoms with Crippen molar-refractivity contribution in [2.75, 3.05) is 6.54 Å². The minimum atomic E-state index is -0.408. The first-order valence-corrected chi connectivity index (χ1v) is 3.51. The molecular formula is C8H7N3O2. The van der Waals surface area contributed by atoms with Gasteiger partial charge in [0.15, 0.2) is 0 Å². The Labute approximate surface area is 74.2 Å². The highest BCUT2D eigenvalue weighted by Crippen LogP contribution is 1.86. The number of hydrogen-bond donors (Lipinski definition) is 2. The summed E-state index contributed by atoms with van der Waals surface area (Å²) in [7, 11) is 0. The number of carbonyl (C=O) groups is 1. The van der Waals surface area contributed by atoms with Crippen LogP contribution in [0.1, 0.15) is 10.5 Å². The standard InChI is InChI=1S/C8H7N3O2/c1-2-5-9-8(13)6-3-4-7(12)11-10-6/h1,3-4H,5H2,(H,9,13)(H,11,12). The second-order valence-corrected chi connectivity index (χ2v) is 2.19. The van der Waals surface area contributed by atoms with E-state index < -0.39 is 5.91 Å². The fourth-order valence-corrected chi connectivity index (χ4v) is 0.693. The van der Waals surface area contributed by atoms with Crippen LogP contribution in [0.25, 0.3) is 0 Å². The number of terminal acetylenes is 1. The molecule has 0 atom stereocenters. The van der Waals surface area contributed by atoms with Crippen LogP contribution in [0.5, 0.6) is 0 Å². The summed E-state index contributed by atoms with van der Waals surface area (Å²) >= 11 is 0. The highest BCUT2D eigenvalue weighted by molar-refractivity contribution is 5.92. The molecule has 0 aliphatic rings. The fraction of sp³-hybridized carbons (Fsp3) is 0.125. The lowest BCUT2D eigenvalue weighted by atomic mass is 10.3. The van der Waals surface area contributed by atoms with Crippen LogP contribution in [0.3, 0.4) is 0 Å². The molecule has 0 radical (unpaired) electrons. The fourth-order valence-electron chi connectivity index (χ4n) is 0.693. The Morgan fingerprint density at radius 3 is 3.00 bits per heavy atom. The quantitative estimate of drug-likeness (QED) is 0.577. The van der Waals surface area contributed by atoms with Gasteiger partial charge in [-0.15, -0.1) is 6.42 Å². The maximum absolute atomic E-state index is 11.1. The van der Waals surface area contributed by atoms with E-state index in [0.29, 0.717) is 0 Å². The smallest absolute Gasteiger partial charge is 0.272 e. The highest BCUT2D eigenvalue weighted by atomic mass is 16.2. The van der Waals surface area contributed by atoms with E-state index in [9.17, 15) is 9.59 Å². The number of aromatic nitrogens is 2. The summed E-state index contributed by atoms with van der Waals surface area (Å²) in [5.41, 5.74) is -0.219. The largest absolute Gasteiger partial charge is 0.340 e. The zero-order chi connectivity index (χ0) is 9.68. The van der Waals surface area contributed by atoms with Gasteiger partial charge in [0, 0.05) is 6.07 Å². The average Bonchev–Trinajstić information content (AvgIpc) is 2.15. The molecule has 0 saturated carbocycles. The van der Waals surface area contributed by atoms with E-state index in [2.05, 4.69) is 21.4 Å². The van der Waals surface area contributed by atoms with Gasteiger partial charge in [-0.25, -0.2) is 5.10 Å². The molecule has 0 bridgehead atoms. The van der Waals surface area contributed by atoms with Gasteiger partial charge >= 0.3 is 0 Å². The second kappa shape index (κ2) is 4.07. The topological polar surface area (TPSA) is 74.8 Å². The molecule has 1 rings (SSSR count). The number of nitrogens with one attached hydrogen (secondary N) is 2. The summed E-state index contributed by atoms with van der Waals surface area (Å²) in [6, 6.07) is 2.54. The average molecular weight is 177 g/mol. The molecule has 66 valence electrons. The zero-order valence-corrected chi connectivity index (χ0v) is 6.70. The normalized spacial score (nSPS) is 8.85. The van der Waals surface area contributed by atoms with Crippen molar-refractivity contribution in [2.45, 2.75) is 0 Å². The van der Waals surface area contributed by atoms with Crippen LogP contribution in [0.4, 0.5) is 0 Å². The molecule has 5 nitrogen and oxygen atoms in total. The molecular weight excluding hydrogens is 170 g/mol. The SMILES string of the molecule is C#CCNC(=O)c1ccc(=O)[nH]n1. The number of amides is 1. The van der Waals surface area contributed by atoms with Crippen molar-refractivity contribution >= 4 is 5.91 Å². The maximum atomic E-state index is 11.1. The first-order chi connectivity index (χ1) is 6.24. The first kappa shape index (κ1) is 9.00. The van der Waals surface area contributed by atoms with Crippen LogP contribution in [0.2, 0.25) is 0 Å². The van der Waals surface area contributed by atoms with Crippen LogP contribution < -0.4 is 10.9 Å². The number of carbonyl (C=O) groups excluding carboxylic acids is 1. The molecule has 0 fully saturated rings. The molecule has 0 saturated heterocycles. The Balaban J connectivity index is 2.73. The third-order valence-electron chi connectivity index (χ3n) is 1.26. The van der Waals surface area contributed by atoms with Gasteiger partial charge in [-0.3, -0.25) is 9.59 Å². The van der Waals surface area contributed by atoms with Crippen LogP contribution in [0, 0.1) is 12.3 Å². The van der Waals surface area contributed by atoms with Crippen LogP contribution >= 0.6 is 0 Å². The lowest BCUT2D eigenvalue weighted by molar-refractivity contribution is 0.0952. The van der Waals surface area contributed by atoms with Gasteiger partial charge in [-0.05, 0) is 6.07 Å². The number of H-pyrrole nitrogens is 1. The monoisotopic (exact) mass is 177 g/mol. The molecule has 2 N–H and O–H groups in total. The lowest BCUT2D eigenvalue weighted by Gasteiger charge is -1.97. The Bertz CT molecular complexity index is 382. The van der Waals surface area contributed by atoms with Gasteiger partial charge in [-0.1, -0.05) is 5.92 Å². The van der Waals surface area contributed by atoms with Crippen molar-refractivity contribution in [3.05, 3.63) is 28.2 Å². The summed E-state index contributed by atoms with van der Waals surface area (Å²) in [6.07, 6.45) is 4.94. The summed E-state index contributed by atoms with van der Waals surface area (Å²) in [4.78, 5) is 21.7. The molecule has 1 heterocycles. The maximum Gasteiger partial charge on any atom is 0.272 e. The summed E-state index contributed by atoms with van der Waals surface area (Å²) in [6.45, 7) is 0.139. The van der Waals surface area contributed by atoms with Crippen molar-refractivity contribution in [3.63, 3.8) is 0 Å². The Kier molecular flexibility index (Phi) is 2.82. The van der Waals surface area contributed by atoms with Crippen LogP contribution in [-0.4, -0.2) is 22.6 Å². The van der Waals surface area contributed by atoms with E-state index in [1.54, 1.807) is 0 Å². The third-order valence-corrected chi connectivity index (χ3v) is 1.26. The first-order valence-electron chi connectivity index (χ1n) is 3.51. The molecule has 0 aliphatic carbocycles. The number of hydrogen-bond acceptors (Lipinski definition) is 3. The van der Waals surface area contributed by atoms with Gasteiger partial charge in [-0.2, -0.15) is 5.10 Å². The minimum absolute atomic E-state index is 0.134. The third kappa shape index (κ3) is 2.45. The van der Waals surface area contributed by atoms with E-state index in [-0.39, 0.29) is 17.8 Å². The zero-order valence-electron chi connectivity index (χ0n) is 6.70. The van der Waals surface area contributed by atoms with Crippen molar-refractivity contribution in [1.29, 1.82) is 0 Å². The lowest BCUT2D eigenvalue weighted by Crippen LogP contribution is -2.25. The van der Waals surface area contributed by atoms with Crippen LogP contribution in [-0.2, 0) is 0 Å². The molecule has 5 heteroatoms. The van der Waals surface area contributed by atoms with Gasteiger partial charge in [0.1, 0.15) is 5.69 Å². The van der Waals surface area contributed by atoms with Gasteiger partial charge in [0.2, 0.25) is 0 Å². The van der Waals surface area contributed by atoms with Crippen molar-refractivity contribution in [2.24, 2.45) is 0 Å². The second-order valence-electron chi connectivity index (χ2n) is 2.19. The van der Waals surface area contributed by atoms with E-state index >= 15 is 0 Å².